The maximum absolute atomic E-state index is 12.5. The number of carbonyl (C=O) groups is 1. The van der Waals surface area contributed by atoms with E-state index in [2.05, 4.69) is 0 Å². The summed E-state index contributed by atoms with van der Waals surface area (Å²) in [5.74, 6) is 0.0798. The topological polar surface area (TPSA) is 26.3 Å². The summed E-state index contributed by atoms with van der Waals surface area (Å²) in [6.45, 7) is 4.46. The van der Waals surface area contributed by atoms with Gasteiger partial charge in [0.25, 0.3) is 0 Å². The van der Waals surface area contributed by atoms with E-state index in [9.17, 15) is 4.79 Å². The van der Waals surface area contributed by atoms with E-state index in [4.69, 9.17) is 4.74 Å². The van der Waals surface area contributed by atoms with Crippen LogP contribution in [0.1, 0.15) is 30.6 Å². The van der Waals surface area contributed by atoms with Gasteiger partial charge in [-0.25, -0.2) is 0 Å². The molecule has 0 saturated carbocycles. The Morgan fingerprint density at radius 1 is 1.11 bits per heavy atom. The molecule has 0 saturated heterocycles. The van der Waals surface area contributed by atoms with Crippen LogP contribution in [0.4, 0.5) is 0 Å². The average molecular weight is 242 g/mol. The Kier molecular flexibility index (Phi) is 4.11. The van der Waals surface area contributed by atoms with E-state index < -0.39 is 0 Å². The van der Waals surface area contributed by atoms with Crippen LogP contribution in [0.3, 0.4) is 0 Å². The van der Waals surface area contributed by atoms with Gasteiger partial charge in [-0.15, -0.1) is 0 Å². The number of ketones is 1. The fourth-order valence-corrected chi connectivity index (χ4v) is 2.19. The molecule has 1 unspecified atom stereocenters. The third kappa shape index (κ3) is 2.44. The molecule has 2 rings (SSSR count). The zero-order valence-electron chi connectivity index (χ0n) is 10.8. The summed E-state index contributed by atoms with van der Waals surface area (Å²) in [6, 6.07) is 13.8. The van der Waals surface area contributed by atoms with Gasteiger partial charge >= 0.3 is 0 Å². The smallest absolute Gasteiger partial charge is 0.192 e. The molecular weight excluding hydrogens is 224 g/mol. The zero-order valence-corrected chi connectivity index (χ0v) is 10.8. The van der Waals surface area contributed by atoms with Crippen molar-refractivity contribution in [2.24, 2.45) is 0 Å². The molecule has 0 heterocycles. The van der Waals surface area contributed by atoms with Gasteiger partial charge in [-0.2, -0.15) is 0 Å². The molecule has 0 fully saturated rings. The van der Waals surface area contributed by atoms with Crippen molar-refractivity contribution in [1.29, 1.82) is 0 Å². The first-order valence-corrected chi connectivity index (χ1v) is 6.41. The Morgan fingerprint density at radius 2 is 1.83 bits per heavy atom. The van der Waals surface area contributed by atoms with Crippen molar-refractivity contribution >= 4 is 16.6 Å². The molecule has 0 spiro atoms. The van der Waals surface area contributed by atoms with Crippen molar-refractivity contribution in [3.05, 3.63) is 48.0 Å². The van der Waals surface area contributed by atoms with Crippen LogP contribution in [0.15, 0.2) is 42.5 Å². The zero-order chi connectivity index (χ0) is 13.0. The van der Waals surface area contributed by atoms with Crippen LogP contribution in [0.2, 0.25) is 0 Å². The number of rotatable bonds is 5. The minimum absolute atomic E-state index is 0.0798. The first kappa shape index (κ1) is 12.8. The van der Waals surface area contributed by atoms with Crippen LogP contribution in [0.5, 0.6) is 0 Å². The molecule has 0 aliphatic carbocycles. The van der Waals surface area contributed by atoms with E-state index in [0.29, 0.717) is 13.0 Å². The number of ether oxygens (including phenoxy) is 1. The molecule has 94 valence electrons. The fraction of sp³-hybridized carbons (Fsp3) is 0.312. The number of hydrogen-bond acceptors (Lipinski definition) is 2. The molecule has 1 atom stereocenters. The summed E-state index contributed by atoms with van der Waals surface area (Å²) in [4.78, 5) is 12.5. The maximum Gasteiger partial charge on any atom is 0.192 e. The highest BCUT2D eigenvalue weighted by Gasteiger charge is 2.19. The molecule has 2 aromatic carbocycles. The Labute approximate surface area is 108 Å². The number of hydrogen-bond donors (Lipinski definition) is 0. The standard InChI is InChI=1S/C16H18O2/c1-3-15(18-4-2)16(17)14-11-7-9-12-8-5-6-10-13(12)14/h5-11,15H,3-4H2,1-2H3. The largest absolute Gasteiger partial charge is 0.370 e. The molecule has 2 nitrogen and oxygen atoms in total. The molecule has 0 aliphatic rings. The van der Waals surface area contributed by atoms with Gasteiger partial charge in [-0.05, 0) is 24.1 Å². The first-order chi connectivity index (χ1) is 8.77. The van der Waals surface area contributed by atoms with Crippen molar-refractivity contribution in [3.63, 3.8) is 0 Å². The second-order valence-corrected chi connectivity index (χ2v) is 4.24. The number of benzene rings is 2. The van der Waals surface area contributed by atoms with Gasteiger partial charge in [0.2, 0.25) is 0 Å². The highest BCUT2D eigenvalue weighted by atomic mass is 16.5. The normalized spacial score (nSPS) is 12.6. The molecule has 2 heteroatoms. The van der Waals surface area contributed by atoms with Gasteiger partial charge in [-0.1, -0.05) is 49.4 Å². The molecule has 0 aromatic heterocycles. The Balaban J connectivity index is 2.44. The molecule has 0 amide bonds. The summed E-state index contributed by atoms with van der Waals surface area (Å²) < 4.78 is 5.51. The van der Waals surface area contributed by atoms with Gasteiger partial charge < -0.3 is 4.74 Å². The number of Topliss-reactive ketones (excluding diaryl/α,β-unsaturated/α-hetero) is 1. The summed E-state index contributed by atoms with van der Waals surface area (Å²) >= 11 is 0. The minimum Gasteiger partial charge on any atom is -0.370 e. The lowest BCUT2D eigenvalue weighted by molar-refractivity contribution is 0.0445. The van der Waals surface area contributed by atoms with Crippen molar-refractivity contribution in [2.45, 2.75) is 26.4 Å². The highest BCUT2D eigenvalue weighted by molar-refractivity contribution is 6.10. The summed E-state index contributed by atoms with van der Waals surface area (Å²) in [7, 11) is 0. The lowest BCUT2D eigenvalue weighted by Crippen LogP contribution is -2.23. The maximum atomic E-state index is 12.5. The van der Waals surface area contributed by atoms with Gasteiger partial charge in [0, 0.05) is 12.2 Å². The van der Waals surface area contributed by atoms with Crippen molar-refractivity contribution in [1.82, 2.24) is 0 Å². The Hall–Kier alpha value is -1.67. The van der Waals surface area contributed by atoms with Gasteiger partial charge in [-0.3, -0.25) is 4.79 Å². The monoisotopic (exact) mass is 242 g/mol. The van der Waals surface area contributed by atoms with Crippen molar-refractivity contribution in [3.8, 4) is 0 Å². The number of carbonyl (C=O) groups excluding carboxylic acids is 1. The van der Waals surface area contributed by atoms with E-state index in [1.807, 2.05) is 56.3 Å². The van der Waals surface area contributed by atoms with Gasteiger partial charge in [0.1, 0.15) is 6.10 Å². The highest BCUT2D eigenvalue weighted by Crippen LogP contribution is 2.21. The molecule has 0 radical (unpaired) electrons. The van der Waals surface area contributed by atoms with Crippen molar-refractivity contribution in [2.75, 3.05) is 6.61 Å². The van der Waals surface area contributed by atoms with E-state index in [-0.39, 0.29) is 11.9 Å². The second-order valence-electron chi connectivity index (χ2n) is 4.24. The average Bonchev–Trinajstić information content (AvgIpc) is 2.43. The lowest BCUT2D eigenvalue weighted by Gasteiger charge is -2.15. The van der Waals surface area contributed by atoms with Gasteiger partial charge in [0.05, 0.1) is 0 Å². The van der Waals surface area contributed by atoms with Crippen LogP contribution in [0, 0.1) is 0 Å². The molecule has 0 bridgehead atoms. The van der Waals surface area contributed by atoms with Gasteiger partial charge in [0.15, 0.2) is 5.78 Å². The molecule has 0 aliphatic heterocycles. The SMILES string of the molecule is CCOC(CC)C(=O)c1cccc2ccccc12. The summed E-state index contributed by atoms with van der Waals surface area (Å²) in [6.07, 6.45) is 0.372. The summed E-state index contributed by atoms with van der Waals surface area (Å²) in [5.41, 5.74) is 0.758. The molecule has 0 N–H and O–H groups in total. The quantitative estimate of drug-likeness (QED) is 0.745. The predicted octanol–water partition coefficient (Wildman–Crippen LogP) is 3.84. The third-order valence-corrected chi connectivity index (χ3v) is 3.09. The lowest BCUT2D eigenvalue weighted by atomic mass is 9.98. The van der Waals surface area contributed by atoms with Crippen LogP contribution >= 0.6 is 0 Å². The molecule has 18 heavy (non-hydrogen) atoms. The van der Waals surface area contributed by atoms with Crippen LogP contribution < -0.4 is 0 Å². The van der Waals surface area contributed by atoms with E-state index in [1.165, 1.54) is 0 Å². The second kappa shape index (κ2) is 5.78. The van der Waals surface area contributed by atoms with Crippen LogP contribution in [0.25, 0.3) is 10.8 Å². The van der Waals surface area contributed by atoms with Crippen LogP contribution in [-0.4, -0.2) is 18.5 Å². The Bertz CT molecular complexity index is 540. The Morgan fingerprint density at radius 3 is 2.56 bits per heavy atom. The third-order valence-electron chi connectivity index (χ3n) is 3.09. The predicted molar refractivity (Wildman–Crippen MR) is 74.0 cm³/mol. The molecule has 2 aromatic rings. The summed E-state index contributed by atoms with van der Waals surface area (Å²) in [5, 5.41) is 2.10. The fourth-order valence-electron chi connectivity index (χ4n) is 2.19. The van der Waals surface area contributed by atoms with E-state index in [0.717, 1.165) is 16.3 Å². The minimum atomic E-state index is -0.333. The number of fused-ring (bicyclic) bond motifs is 1. The van der Waals surface area contributed by atoms with E-state index in [1.54, 1.807) is 0 Å². The van der Waals surface area contributed by atoms with Crippen molar-refractivity contribution < 1.29 is 9.53 Å². The van der Waals surface area contributed by atoms with E-state index >= 15 is 0 Å². The van der Waals surface area contributed by atoms with Crippen LogP contribution in [-0.2, 0) is 4.74 Å². The first-order valence-electron chi connectivity index (χ1n) is 6.41. The molecular formula is C16H18O2.